The van der Waals surface area contributed by atoms with Crippen LogP contribution in [0.25, 0.3) is 11.1 Å². The van der Waals surface area contributed by atoms with Crippen molar-refractivity contribution in [2.45, 2.75) is 12.3 Å². The second-order valence-corrected chi connectivity index (χ2v) is 6.64. The average Bonchev–Trinajstić information content (AvgIpc) is 2.99. The lowest BCUT2D eigenvalue weighted by Crippen LogP contribution is -2.22. The van der Waals surface area contributed by atoms with E-state index in [0.29, 0.717) is 23.2 Å². The molecule has 2 heterocycles. The third-order valence-corrected chi connectivity index (χ3v) is 5.32. The molecule has 2 nitrogen and oxygen atoms in total. The summed E-state index contributed by atoms with van der Waals surface area (Å²) in [4.78, 5) is 13.1. The summed E-state index contributed by atoms with van der Waals surface area (Å²) in [7, 11) is 0. The van der Waals surface area contributed by atoms with E-state index in [1.165, 1.54) is 29.5 Å². The molecule has 0 radical (unpaired) electrons. The van der Waals surface area contributed by atoms with E-state index in [9.17, 15) is 13.6 Å². The standard InChI is InChI=1S/C19H13F2NOS/c20-12-7-5-11(6-8-12)14-9-17(23)22-18-15(10-24-19(14)18)13-3-1-2-4-16(13)21/h1-8,10,14H,9H2,(H,22,23)/t14-/m1/s1. The topological polar surface area (TPSA) is 29.1 Å². The van der Waals surface area contributed by atoms with E-state index in [4.69, 9.17) is 0 Å². The molecule has 4 rings (SSSR count). The van der Waals surface area contributed by atoms with Crippen LogP contribution in [0, 0.1) is 11.6 Å². The zero-order valence-corrected chi connectivity index (χ0v) is 13.4. The molecular formula is C19H13F2NOS. The second kappa shape index (κ2) is 5.83. The molecule has 1 amide bonds. The number of carbonyl (C=O) groups excluding carboxylic acids is 1. The first-order chi connectivity index (χ1) is 11.6. The molecule has 5 heteroatoms. The third-order valence-electron chi connectivity index (χ3n) is 4.23. The first-order valence-electron chi connectivity index (χ1n) is 7.55. The Balaban J connectivity index is 1.83. The van der Waals surface area contributed by atoms with Crippen LogP contribution in [0.5, 0.6) is 0 Å². The van der Waals surface area contributed by atoms with Crippen molar-refractivity contribution < 1.29 is 13.6 Å². The fourth-order valence-corrected chi connectivity index (χ4v) is 4.22. The maximum atomic E-state index is 14.1. The zero-order valence-electron chi connectivity index (χ0n) is 12.6. The first-order valence-corrected chi connectivity index (χ1v) is 8.43. The fraction of sp³-hybridized carbons (Fsp3) is 0.105. The lowest BCUT2D eigenvalue weighted by molar-refractivity contribution is -0.116. The predicted octanol–water partition coefficient (Wildman–Crippen LogP) is 5.17. The first kappa shape index (κ1) is 15.0. The van der Waals surface area contributed by atoms with Crippen LogP contribution in [0.1, 0.15) is 22.8 Å². The number of benzene rings is 2. The van der Waals surface area contributed by atoms with Gasteiger partial charge in [0.25, 0.3) is 0 Å². The largest absolute Gasteiger partial charge is 0.325 e. The summed E-state index contributed by atoms with van der Waals surface area (Å²) < 4.78 is 27.3. The van der Waals surface area contributed by atoms with Gasteiger partial charge in [0.1, 0.15) is 11.6 Å². The number of halogens is 2. The minimum Gasteiger partial charge on any atom is -0.325 e. The molecule has 0 aliphatic carbocycles. The van der Waals surface area contributed by atoms with Gasteiger partial charge in [0.15, 0.2) is 0 Å². The molecule has 0 saturated heterocycles. The lowest BCUT2D eigenvalue weighted by Gasteiger charge is -2.24. The van der Waals surface area contributed by atoms with Gasteiger partial charge in [-0.2, -0.15) is 0 Å². The number of anilines is 1. The number of rotatable bonds is 2. The molecule has 1 aromatic heterocycles. The number of amides is 1. The molecule has 0 fully saturated rings. The Morgan fingerprint density at radius 2 is 1.75 bits per heavy atom. The van der Waals surface area contributed by atoms with Gasteiger partial charge in [-0.1, -0.05) is 30.3 Å². The Hall–Kier alpha value is -2.53. The van der Waals surface area contributed by atoms with Gasteiger partial charge in [-0.15, -0.1) is 11.3 Å². The molecular weight excluding hydrogens is 328 g/mol. The Bertz CT molecular complexity index is 917. The Morgan fingerprint density at radius 3 is 2.50 bits per heavy atom. The van der Waals surface area contributed by atoms with Crippen LogP contribution in [0.4, 0.5) is 14.5 Å². The number of carbonyl (C=O) groups is 1. The molecule has 1 N–H and O–H groups in total. The Labute approximate surface area is 141 Å². The molecule has 1 aliphatic heterocycles. The van der Waals surface area contributed by atoms with Crippen molar-refractivity contribution in [3.8, 4) is 11.1 Å². The van der Waals surface area contributed by atoms with Gasteiger partial charge in [0, 0.05) is 33.7 Å². The number of hydrogen-bond donors (Lipinski definition) is 1. The molecule has 120 valence electrons. The minimum absolute atomic E-state index is 0.118. The molecule has 0 unspecified atom stereocenters. The van der Waals surface area contributed by atoms with Crippen molar-refractivity contribution in [2.75, 3.05) is 5.32 Å². The van der Waals surface area contributed by atoms with Crippen molar-refractivity contribution in [2.24, 2.45) is 0 Å². The van der Waals surface area contributed by atoms with E-state index in [1.807, 2.05) is 5.38 Å². The summed E-state index contributed by atoms with van der Waals surface area (Å²) in [5.41, 5.74) is 2.70. The highest BCUT2D eigenvalue weighted by molar-refractivity contribution is 7.11. The van der Waals surface area contributed by atoms with Crippen molar-refractivity contribution >= 4 is 22.9 Å². The zero-order chi connectivity index (χ0) is 16.7. The number of thiophene rings is 1. The van der Waals surface area contributed by atoms with Gasteiger partial charge >= 0.3 is 0 Å². The lowest BCUT2D eigenvalue weighted by atomic mass is 9.89. The summed E-state index contributed by atoms with van der Waals surface area (Å²) >= 11 is 1.49. The highest BCUT2D eigenvalue weighted by Gasteiger charge is 2.30. The van der Waals surface area contributed by atoms with Crippen LogP contribution in [-0.2, 0) is 4.79 Å². The van der Waals surface area contributed by atoms with Crippen molar-refractivity contribution in [3.05, 3.63) is 76.0 Å². The highest BCUT2D eigenvalue weighted by atomic mass is 32.1. The molecule has 3 aromatic rings. The van der Waals surface area contributed by atoms with Crippen LogP contribution < -0.4 is 5.32 Å². The molecule has 2 aromatic carbocycles. The third kappa shape index (κ3) is 2.51. The van der Waals surface area contributed by atoms with Crippen LogP contribution in [0.3, 0.4) is 0 Å². The fourth-order valence-electron chi connectivity index (χ4n) is 3.07. The van der Waals surface area contributed by atoms with Crippen molar-refractivity contribution in [1.82, 2.24) is 0 Å². The number of fused-ring (bicyclic) bond motifs is 1. The molecule has 1 aliphatic rings. The van der Waals surface area contributed by atoms with Crippen LogP contribution in [-0.4, -0.2) is 5.91 Å². The summed E-state index contributed by atoms with van der Waals surface area (Å²) in [5, 5.41) is 4.74. The highest BCUT2D eigenvalue weighted by Crippen LogP contribution is 2.46. The quantitative estimate of drug-likeness (QED) is 0.685. The molecule has 24 heavy (non-hydrogen) atoms. The van der Waals surface area contributed by atoms with E-state index in [-0.39, 0.29) is 23.5 Å². The molecule has 0 saturated carbocycles. The molecule has 0 bridgehead atoms. The van der Waals surface area contributed by atoms with E-state index in [2.05, 4.69) is 5.32 Å². The summed E-state index contributed by atoms with van der Waals surface area (Å²) in [5.74, 6) is -0.888. The van der Waals surface area contributed by atoms with Gasteiger partial charge in [-0.25, -0.2) is 8.78 Å². The van der Waals surface area contributed by atoms with Crippen LogP contribution in [0.15, 0.2) is 53.9 Å². The monoisotopic (exact) mass is 341 g/mol. The van der Waals surface area contributed by atoms with E-state index < -0.39 is 0 Å². The van der Waals surface area contributed by atoms with E-state index >= 15 is 0 Å². The Kier molecular flexibility index (Phi) is 3.65. The van der Waals surface area contributed by atoms with Gasteiger partial charge in [0.2, 0.25) is 5.91 Å². The second-order valence-electron chi connectivity index (χ2n) is 5.72. The average molecular weight is 341 g/mol. The number of hydrogen-bond acceptors (Lipinski definition) is 2. The van der Waals surface area contributed by atoms with Crippen molar-refractivity contribution in [1.29, 1.82) is 0 Å². The van der Waals surface area contributed by atoms with Gasteiger partial charge < -0.3 is 5.32 Å². The van der Waals surface area contributed by atoms with Gasteiger partial charge in [-0.05, 0) is 23.8 Å². The van der Waals surface area contributed by atoms with Crippen LogP contribution in [0.2, 0.25) is 0 Å². The smallest absolute Gasteiger partial charge is 0.225 e. The summed E-state index contributed by atoms with van der Waals surface area (Å²) in [6.45, 7) is 0. The summed E-state index contributed by atoms with van der Waals surface area (Å²) in [6, 6.07) is 12.7. The van der Waals surface area contributed by atoms with Crippen molar-refractivity contribution in [3.63, 3.8) is 0 Å². The SMILES string of the molecule is O=C1C[C@H](c2ccc(F)cc2)c2scc(-c3ccccc3F)c2N1. The number of nitrogens with one attached hydrogen (secondary N) is 1. The predicted molar refractivity (Wildman–Crippen MR) is 91.2 cm³/mol. The molecule has 0 spiro atoms. The van der Waals surface area contributed by atoms with E-state index in [0.717, 1.165) is 10.4 Å². The Morgan fingerprint density at radius 1 is 1.00 bits per heavy atom. The maximum absolute atomic E-state index is 14.1. The van der Waals surface area contributed by atoms with Gasteiger partial charge in [-0.3, -0.25) is 4.79 Å². The normalized spacial score (nSPS) is 16.6. The van der Waals surface area contributed by atoms with E-state index in [1.54, 1.807) is 30.3 Å². The molecule has 1 atom stereocenters. The summed E-state index contributed by atoms with van der Waals surface area (Å²) in [6.07, 6.45) is 0.301. The van der Waals surface area contributed by atoms with Gasteiger partial charge in [0.05, 0.1) is 5.69 Å². The minimum atomic E-state index is -0.323. The maximum Gasteiger partial charge on any atom is 0.225 e. The van der Waals surface area contributed by atoms with Crippen LogP contribution >= 0.6 is 11.3 Å².